The molecule has 1 unspecified atom stereocenters. The smallest absolute Gasteiger partial charge is 0.266 e. The van der Waals surface area contributed by atoms with Crippen molar-refractivity contribution in [3.8, 4) is 11.8 Å². The Bertz CT molecular complexity index is 1020. The normalized spacial score (nSPS) is 15.7. The first-order valence-electron chi connectivity index (χ1n) is 10.2. The molecule has 7 heteroatoms. The average Bonchev–Trinajstić information content (AvgIpc) is 3.22. The maximum atomic E-state index is 13.1. The summed E-state index contributed by atoms with van der Waals surface area (Å²) in [7, 11) is 0. The van der Waals surface area contributed by atoms with Gasteiger partial charge in [-0.2, -0.15) is 5.26 Å². The molecule has 1 aromatic carbocycles. The number of rotatable bonds is 7. The monoisotopic (exact) mass is 409 g/mol. The zero-order chi connectivity index (χ0) is 21.7. The fourth-order valence-corrected chi connectivity index (χ4v) is 3.95. The van der Waals surface area contributed by atoms with Gasteiger partial charge in [-0.15, -0.1) is 0 Å². The number of pyridine rings is 1. The van der Waals surface area contributed by atoms with Crippen LogP contribution in [0.25, 0.3) is 0 Å². The highest BCUT2D eigenvalue weighted by atomic mass is 16.5. The Balaban J connectivity index is 1.77. The topological polar surface area (TPSA) is 106 Å². The molecule has 0 spiro atoms. The zero-order valence-corrected chi connectivity index (χ0v) is 17.4. The van der Waals surface area contributed by atoms with E-state index in [2.05, 4.69) is 4.98 Å². The number of aromatic hydroxyl groups is 1. The van der Waals surface area contributed by atoms with Gasteiger partial charge in [0.05, 0.1) is 6.10 Å². The van der Waals surface area contributed by atoms with E-state index in [-0.39, 0.29) is 29.7 Å². The summed E-state index contributed by atoms with van der Waals surface area (Å²) < 4.78 is 5.71. The Kier molecular flexibility index (Phi) is 6.91. The number of nitriles is 1. The first-order chi connectivity index (χ1) is 14.4. The van der Waals surface area contributed by atoms with Crippen LogP contribution in [0.5, 0.6) is 5.75 Å². The first kappa shape index (κ1) is 21.6. The number of para-hydroxylation sites is 1. The molecule has 0 radical (unpaired) electrons. The summed E-state index contributed by atoms with van der Waals surface area (Å²) in [6, 6.07) is 8.95. The third-order valence-electron chi connectivity index (χ3n) is 5.66. The van der Waals surface area contributed by atoms with Gasteiger partial charge in [0.25, 0.3) is 5.56 Å². The first-order valence-corrected chi connectivity index (χ1v) is 10.2. The number of aromatic amines is 1. The van der Waals surface area contributed by atoms with Crippen molar-refractivity contribution in [2.75, 3.05) is 13.2 Å². The van der Waals surface area contributed by atoms with E-state index in [9.17, 15) is 20.0 Å². The van der Waals surface area contributed by atoms with Crippen molar-refractivity contribution < 1.29 is 14.6 Å². The molecule has 2 N–H and O–H groups in total. The van der Waals surface area contributed by atoms with Crippen molar-refractivity contribution >= 4 is 5.91 Å². The van der Waals surface area contributed by atoms with Crippen LogP contribution in [0.1, 0.15) is 47.2 Å². The summed E-state index contributed by atoms with van der Waals surface area (Å²) in [6.07, 6.45) is 2.55. The molecule has 158 valence electrons. The lowest BCUT2D eigenvalue weighted by Crippen LogP contribution is -2.37. The number of hydrogen-bond acceptors (Lipinski definition) is 5. The summed E-state index contributed by atoms with van der Waals surface area (Å²) in [5, 5.41) is 19.4. The Morgan fingerprint density at radius 2 is 2.13 bits per heavy atom. The predicted octanol–water partition coefficient (Wildman–Crippen LogP) is 2.71. The molecular formula is C23H27N3O4. The Hall–Kier alpha value is -3.11. The number of phenolic OH excluding ortho intramolecular Hbond substituents is 1. The van der Waals surface area contributed by atoms with E-state index in [4.69, 9.17) is 4.74 Å². The van der Waals surface area contributed by atoms with Crippen molar-refractivity contribution in [2.24, 2.45) is 0 Å². The number of aromatic nitrogens is 1. The van der Waals surface area contributed by atoms with E-state index in [1.54, 1.807) is 36.9 Å². The van der Waals surface area contributed by atoms with Gasteiger partial charge in [-0.25, -0.2) is 0 Å². The highest BCUT2D eigenvalue weighted by Gasteiger charge is 2.24. The predicted molar refractivity (Wildman–Crippen MR) is 112 cm³/mol. The van der Waals surface area contributed by atoms with Gasteiger partial charge in [0, 0.05) is 37.4 Å². The molecule has 1 saturated heterocycles. The third kappa shape index (κ3) is 4.89. The largest absolute Gasteiger partial charge is 0.508 e. The Morgan fingerprint density at radius 3 is 2.80 bits per heavy atom. The number of benzene rings is 1. The lowest BCUT2D eigenvalue weighted by molar-refractivity contribution is -0.133. The van der Waals surface area contributed by atoms with Crippen molar-refractivity contribution in [1.29, 1.82) is 5.26 Å². The molecule has 1 aliphatic heterocycles. The minimum absolute atomic E-state index is 0.00143. The number of hydrogen-bond donors (Lipinski definition) is 2. The van der Waals surface area contributed by atoms with Gasteiger partial charge < -0.3 is 19.7 Å². The summed E-state index contributed by atoms with van der Waals surface area (Å²) in [6.45, 7) is 5.00. The second-order valence-corrected chi connectivity index (χ2v) is 7.71. The summed E-state index contributed by atoms with van der Waals surface area (Å²) in [5.41, 5.74) is 2.50. The molecule has 7 nitrogen and oxygen atoms in total. The maximum absolute atomic E-state index is 13.1. The molecular weight excluding hydrogens is 382 g/mol. The fraction of sp³-hybridized carbons (Fsp3) is 0.435. The number of H-pyrrole nitrogens is 1. The average molecular weight is 409 g/mol. The van der Waals surface area contributed by atoms with Crippen LogP contribution < -0.4 is 5.56 Å². The van der Waals surface area contributed by atoms with Gasteiger partial charge in [-0.3, -0.25) is 9.59 Å². The van der Waals surface area contributed by atoms with Gasteiger partial charge >= 0.3 is 0 Å². The van der Waals surface area contributed by atoms with Crippen LogP contribution in [0.2, 0.25) is 0 Å². The van der Waals surface area contributed by atoms with E-state index >= 15 is 0 Å². The van der Waals surface area contributed by atoms with Crippen LogP contribution in [0.3, 0.4) is 0 Å². The summed E-state index contributed by atoms with van der Waals surface area (Å²) >= 11 is 0. The number of carbonyl (C=O) groups excluding carboxylic acids is 1. The maximum Gasteiger partial charge on any atom is 0.266 e. The minimum atomic E-state index is -0.401. The molecule has 1 amide bonds. The SMILES string of the molecule is Cc1[nH]c(=O)c(C#N)c(C)c1CCC(=O)N(Cc1ccccc1O)CC1CCCO1. The molecule has 2 aromatic rings. The van der Waals surface area contributed by atoms with Crippen LogP contribution in [0.15, 0.2) is 29.1 Å². The number of nitrogens with zero attached hydrogens (tertiary/aromatic N) is 2. The lowest BCUT2D eigenvalue weighted by Gasteiger charge is -2.26. The fourth-order valence-electron chi connectivity index (χ4n) is 3.95. The molecule has 0 saturated carbocycles. The molecule has 1 fully saturated rings. The Morgan fingerprint density at radius 1 is 1.37 bits per heavy atom. The third-order valence-corrected chi connectivity index (χ3v) is 5.66. The minimum Gasteiger partial charge on any atom is -0.508 e. The van der Waals surface area contributed by atoms with Gasteiger partial charge in [-0.1, -0.05) is 18.2 Å². The van der Waals surface area contributed by atoms with E-state index in [1.165, 1.54) is 0 Å². The van der Waals surface area contributed by atoms with Gasteiger partial charge in [0.15, 0.2) is 0 Å². The van der Waals surface area contributed by atoms with Crippen LogP contribution in [-0.4, -0.2) is 40.2 Å². The number of ether oxygens (including phenoxy) is 1. The highest BCUT2D eigenvalue weighted by molar-refractivity contribution is 5.76. The molecule has 0 aliphatic carbocycles. The van der Waals surface area contributed by atoms with Crippen molar-refractivity contribution in [3.63, 3.8) is 0 Å². The van der Waals surface area contributed by atoms with Gasteiger partial charge in [0.2, 0.25) is 5.91 Å². The van der Waals surface area contributed by atoms with Gasteiger partial charge in [-0.05, 0) is 50.3 Å². The lowest BCUT2D eigenvalue weighted by atomic mass is 9.98. The summed E-state index contributed by atoms with van der Waals surface area (Å²) in [4.78, 5) is 29.5. The van der Waals surface area contributed by atoms with Gasteiger partial charge in [0.1, 0.15) is 17.4 Å². The van der Waals surface area contributed by atoms with Crippen molar-refractivity contribution in [2.45, 2.75) is 52.2 Å². The molecule has 1 atom stereocenters. The highest BCUT2D eigenvalue weighted by Crippen LogP contribution is 2.22. The van der Waals surface area contributed by atoms with E-state index in [0.717, 1.165) is 18.4 Å². The summed E-state index contributed by atoms with van der Waals surface area (Å²) in [5.74, 6) is 0.103. The number of phenols is 1. The molecule has 2 heterocycles. The Labute approximate surface area is 175 Å². The molecule has 3 rings (SSSR count). The van der Waals surface area contributed by atoms with E-state index in [0.29, 0.717) is 42.9 Å². The number of carbonyl (C=O) groups is 1. The number of aryl methyl sites for hydroxylation is 1. The zero-order valence-electron chi connectivity index (χ0n) is 17.4. The van der Waals surface area contributed by atoms with Crippen LogP contribution >= 0.6 is 0 Å². The molecule has 1 aromatic heterocycles. The van der Waals surface area contributed by atoms with E-state index in [1.807, 2.05) is 12.1 Å². The standard InChI is InChI=1S/C23H27N3O4/c1-15-19(16(2)25-23(29)20(15)12-24)9-10-22(28)26(14-18-7-5-11-30-18)13-17-6-3-4-8-21(17)27/h3-4,6,8,18,27H,5,7,9-11,13-14H2,1-2H3,(H,25,29). The quantitative estimate of drug-likeness (QED) is 0.731. The van der Waals surface area contributed by atoms with E-state index < -0.39 is 5.56 Å². The molecule has 30 heavy (non-hydrogen) atoms. The number of nitrogens with one attached hydrogen (secondary N) is 1. The molecule has 1 aliphatic rings. The van der Waals surface area contributed by atoms with Crippen LogP contribution in [-0.2, 0) is 22.5 Å². The number of amides is 1. The van der Waals surface area contributed by atoms with Crippen molar-refractivity contribution in [1.82, 2.24) is 9.88 Å². The molecule has 0 bridgehead atoms. The van der Waals surface area contributed by atoms with Crippen molar-refractivity contribution in [3.05, 3.63) is 62.6 Å². The second kappa shape index (κ2) is 9.59. The second-order valence-electron chi connectivity index (χ2n) is 7.71. The van der Waals surface area contributed by atoms with Crippen LogP contribution in [0, 0.1) is 25.2 Å². The van der Waals surface area contributed by atoms with Crippen LogP contribution in [0.4, 0.5) is 0 Å².